The Balaban J connectivity index is 1.33. The summed E-state index contributed by atoms with van der Waals surface area (Å²) in [7, 11) is 1.49. The van der Waals surface area contributed by atoms with E-state index in [2.05, 4.69) is 15.5 Å². The molecule has 2 heterocycles. The number of imide groups is 1. The fourth-order valence-electron chi connectivity index (χ4n) is 3.47. The molecule has 33 heavy (non-hydrogen) atoms. The molecule has 9 nitrogen and oxygen atoms in total. The number of aromatic nitrogens is 2. The average Bonchev–Trinajstić information content (AvgIpc) is 3.35. The van der Waals surface area contributed by atoms with Gasteiger partial charge in [0.05, 0.1) is 30.3 Å². The van der Waals surface area contributed by atoms with Crippen molar-refractivity contribution in [1.29, 1.82) is 0 Å². The van der Waals surface area contributed by atoms with Crippen LogP contribution < -0.4 is 10.1 Å². The zero-order valence-electron chi connectivity index (χ0n) is 18.0. The van der Waals surface area contributed by atoms with Gasteiger partial charge in [0.15, 0.2) is 5.78 Å². The van der Waals surface area contributed by atoms with Gasteiger partial charge in [-0.3, -0.25) is 24.1 Å². The summed E-state index contributed by atoms with van der Waals surface area (Å²) in [5.74, 6) is -0.899. The topological polar surface area (TPSA) is 119 Å². The summed E-state index contributed by atoms with van der Waals surface area (Å²) in [4.78, 5) is 50.9. The lowest BCUT2D eigenvalue weighted by molar-refractivity contribution is -0.116. The van der Waals surface area contributed by atoms with Crippen LogP contribution in [0.3, 0.4) is 0 Å². The Morgan fingerprint density at radius 3 is 2.39 bits per heavy atom. The van der Waals surface area contributed by atoms with Crippen molar-refractivity contribution in [3.8, 4) is 5.75 Å². The number of fused-ring (bicyclic) bond motifs is 1. The largest absolute Gasteiger partial charge is 0.496 e. The molecule has 1 aliphatic rings. The summed E-state index contributed by atoms with van der Waals surface area (Å²) < 4.78 is 5.23. The molecule has 1 N–H and O–H groups in total. The highest BCUT2D eigenvalue weighted by molar-refractivity contribution is 7.15. The van der Waals surface area contributed by atoms with Gasteiger partial charge in [0, 0.05) is 12.8 Å². The lowest BCUT2D eigenvalue weighted by Crippen LogP contribution is -2.29. The predicted octanol–water partition coefficient (Wildman–Crippen LogP) is 3.25. The molecule has 10 heteroatoms. The van der Waals surface area contributed by atoms with Crippen LogP contribution in [0.25, 0.3) is 0 Å². The molecule has 0 unspecified atom stereocenters. The molecule has 0 fully saturated rings. The molecule has 0 atom stereocenters. The molecule has 0 radical (unpaired) electrons. The Kier molecular flexibility index (Phi) is 6.27. The van der Waals surface area contributed by atoms with Gasteiger partial charge in [-0.1, -0.05) is 35.1 Å². The molecule has 0 aliphatic carbocycles. The number of hydrogen-bond donors (Lipinski definition) is 1. The first-order chi connectivity index (χ1) is 15.9. The first kappa shape index (κ1) is 22.3. The maximum atomic E-state index is 12.5. The second-order valence-electron chi connectivity index (χ2n) is 7.42. The molecule has 0 saturated heterocycles. The highest BCUT2D eigenvalue weighted by Gasteiger charge is 2.35. The van der Waals surface area contributed by atoms with Crippen LogP contribution in [-0.2, 0) is 11.3 Å². The van der Waals surface area contributed by atoms with Crippen LogP contribution in [0.15, 0.2) is 42.5 Å². The summed E-state index contributed by atoms with van der Waals surface area (Å²) in [6.45, 7) is 1.84. The molecule has 0 spiro atoms. The van der Waals surface area contributed by atoms with Crippen LogP contribution in [0.2, 0.25) is 0 Å². The van der Waals surface area contributed by atoms with Gasteiger partial charge < -0.3 is 10.1 Å². The molecule has 2 aromatic carbocycles. The number of benzene rings is 2. The van der Waals surface area contributed by atoms with E-state index in [1.807, 2.05) is 13.0 Å². The van der Waals surface area contributed by atoms with E-state index in [9.17, 15) is 19.2 Å². The van der Waals surface area contributed by atoms with Gasteiger partial charge in [-0.2, -0.15) is 0 Å². The van der Waals surface area contributed by atoms with Gasteiger partial charge in [0.2, 0.25) is 11.0 Å². The predicted molar refractivity (Wildman–Crippen MR) is 120 cm³/mol. The maximum Gasteiger partial charge on any atom is 0.261 e. The second kappa shape index (κ2) is 9.29. The van der Waals surface area contributed by atoms with E-state index >= 15 is 0 Å². The third kappa shape index (κ3) is 4.65. The fourth-order valence-corrected chi connectivity index (χ4v) is 4.21. The van der Waals surface area contributed by atoms with Gasteiger partial charge in [0.1, 0.15) is 10.8 Å². The lowest BCUT2D eigenvalue weighted by Gasteiger charge is -2.10. The molecule has 1 aliphatic heterocycles. The van der Waals surface area contributed by atoms with Crippen molar-refractivity contribution in [1.82, 2.24) is 15.1 Å². The van der Waals surface area contributed by atoms with Gasteiger partial charge in [-0.05, 0) is 31.2 Å². The average molecular weight is 465 g/mol. The Hall–Kier alpha value is -3.92. The number of hydrogen-bond acceptors (Lipinski definition) is 8. The van der Waals surface area contributed by atoms with E-state index in [0.29, 0.717) is 27.4 Å². The van der Waals surface area contributed by atoms with Crippen molar-refractivity contribution in [2.45, 2.75) is 26.3 Å². The SMILES string of the molecule is COc1ccc(C)cc1C(=O)CCC(=O)Nc1nnc(CN2C(=O)c3ccccc3C2=O)s1. The van der Waals surface area contributed by atoms with Crippen molar-refractivity contribution in [2.75, 3.05) is 12.4 Å². The molecule has 0 bridgehead atoms. The monoisotopic (exact) mass is 464 g/mol. The van der Waals surface area contributed by atoms with Gasteiger partial charge in [-0.25, -0.2) is 0 Å². The first-order valence-electron chi connectivity index (χ1n) is 10.1. The van der Waals surface area contributed by atoms with Crippen molar-refractivity contribution in [2.24, 2.45) is 0 Å². The summed E-state index contributed by atoms with van der Waals surface area (Å²) in [6.07, 6.45) is -0.0321. The van der Waals surface area contributed by atoms with Gasteiger partial charge in [0.25, 0.3) is 11.8 Å². The zero-order valence-corrected chi connectivity index (χ0v) is 18.8. The second-order valence-corrected chi connectivity index (χ2v) is 8.48. The minimum absolute atomic E-state index is 0.00630. The van der Waals surface area contributed by atoms with E-state index in [4.69, 9.17) is 4.74 Å². The van der Waals surface area contributed by atoms with Crippen LogP contribution >= 0.6 is 11.3 Å². The van der Waals surface area contributed by atoms with Crippen LogP contribution in [0.1, 0.15) is 54.5 Å². The Morgan fingerprint density at radius 1 is 1.03 bits per heavy atom. The number of carbonyl (C=O) groups excluding carboxylic acids is 4. The van der Waals surface area contributed by atoms with Crippen molar-refractivity contribution >= 4 is 40.0 Å². The number of nitrogens with one attached hydrogen (secondary N) is 1. The van der Waals surface area contributed by atoms with Crippen molar-refractivity contribution < 1.29 is 23.9 Å². The number of ketones is 1. The Labute approximate surface area is 193 Å². The summed E-state index contributed by atoms with van der Waals surface area (Å²) in [6, 6.07) is 11.9. The number of methoxy groups -OCH3 is 1. The van der Waals surface area contributed by atoms with E-state index < -0.39 is 5.91 Å². The van der Waals surface area contributed by atoms with Crippen LogP contribution in [0.4, 0.5) is 5.13 Å². The van der Waals surface area contributed by atoms with Crippen molar-refractivity contribution in [3.05, 3.63) is 69.7 Å². The normalized spacial score (nSPS) is 12.6. The van der Waals surface area contributed by atoms with E-state index in [-0.39, 0.29) is 42.1 Å². The lowest BCUT2D eigenvalue weighted by atomic mass is 10.0. The molecule has 3 aromatic rings. The summed E-state index contributed by atoms with van der Waals surface area (Å²) in [5.41, 5.74) is 2.07. The number of rotatable bonds is 8. The third-order valence-corrected chi connectivity index (χ3v) is 5.94. The van der Waals surface area contributed by atoms with E-state index in [0.717, 1.165) is 21.8 Å². The number of amides is 3. The molecule has 3 amide bonds. The number of anilines is 1. The highest BCUT2D eigenvalue weighted by atomic mass is 32.1. The zero-order chi connectivity index (χ0) is 23.5. The number of Topliss-reactive ketones (excluding diaryl/α,β-unsaturated/α-hetero) is 1. The molecule has 0 saturated carbocycles. The van der Waals surface area contributed by atoms with E-state index in [1.165, 1.54) is 7.11 Å². The van der Waals surface area contributed by atoms with E-state index in [1.54, 1.807) is 36.4 Å². The molecule has 4 rings (SSSR count). The standard InChI is InChI=1S/C23H20N4O5S/c1-13-7-9-18(32-2)16(11-13)17(28)8-10-19(29)24-23-26-25-20(33-23)12-27-21(30)14-5-3-4-6-15(14)22(27)31/h3-7,9,11H,8,10,12H2,1-2H3,(H,24,26,29). The minimum atomic E-state index is -0.390. The summed E-state index contributed by atoms with van der Waals surface area (Å²) >= 11 is 1.06. The third-order valence-electron chi connectivity index (χ3n) is 5.12. The highest BCUT2D eigenvalue weighted by Crippen LogP contribution is 2.26. The number of aryl methyl sites for hydroxylation is 1. The summed E-state index contributed by atoms with van der Waals surface area (Å²) in [5, 5.41) is 11.1. The minimum Gasteiger partial charge on any atom is -0.496 e. The number of carbonyl (C=O) groups is 4. The Morgan fingerprint density at radius 2 is 1.73 bits per heavy atom. The first-order valence-corrected chi connectivity index (χ1v) is 10.9. The van der Waals surface area contributed by atoms with Crippen LogP contribution in [-0.4, -0.2) is 45.7 Å². The smallest absolute Gasteiger partial charge is 0.261 e. The van der Waals surface area contributed by atoms with Crippen LogP contribution in [0, 0.1) is 6.92 Å². The van der Waals surface area contributed by atoms with Gasteiger partial charge >= 0.3 is 0 Å². The van der Waals surface area contributed by atoms with Crippen LogP contribution in [0.5, 0.6) is 5.75 Å². The van der Waals surface area contributed by atoms with Gasteiger partial charge in [-0.15, -0.1) is 10.2 Å². The fraction of sp³-hybridized carbons (Fsp3) is 0.217. The Bertz CT molecular complexity index is 1230. The number of ether oxygens (including phenoxy) is 1. The quantitative estimate of drug-likeness (QED) is 0.401. The maximum absolute atomic E-state index is 12.5. The van der Waals surface area contributed by atoms with Crippen molar-refractivity contribution in [3.63, 3.8) is 0 Å². The molecule has 168 valence electrons. The molecular formula is C23H20N4O5S. The molecular weight excluding hydrogens is 444 g/mol. The molecule has 1 aromatic heterocycles. The number of nitrogens with zero attached hydrogens (tertiary/aromatic N) is 3.